The Kier molecular flexibility index (Phi) is 19.9. The Hall–Kier alpha value is -4.92. The lowest BCUT2D eigenvalue weighted by Gasteiger charge is -2.20. The van der Waals surface area contributed by atoms with Gasteiger partial charge in [-0.05, 0) is 57.5 Å². The Morgan fingerprint density at radius 2 is 1.39 bits per heavy atom. The minimum absolute atomic E-state index is 0.328. The zero-order valence-corrected chi connectivity index (χ0v) is 35.1. The predicted molar refractivity (Wildman–Crippen MR) is 224 cm³/mol. The third kappa shape index (κ3) is 13.7. The summed E-state index contributed by atoms with van der Waals surface area (Å²) < 4.78 is 14.6. The van der Waals surface area contributed by atoms with E-state index in [0.717, 1.165) is 68.3 Å². The van der Waals surface area contributed by atoms with Crippen LogP contribution in [0.5, 0.6) is 5.75 Å². The lowest BCUT2D eigenvalue weighted by atomic mass is 10.1. The van der Waals surface area contributed by atoms with Gasteiger partial charge >= 0.3 is 18.0 Å². The van der Waals surface area contributed by atoms with Crippen LogP contribution >= 0.6 is 11.6 Å². The van der Waals surface area contributed by atoms with Crippen LogP contribution < -0.4 is 31.8 Å². The number of amides is 4. The third-order valence-electron chi connectivity index (χ3n) is 9.58. The summed E-state index contributed by atoms with van der Waals surface area (Å²) in [6, 6.07) is 9.66. The number of guanidine groups is 1. The highest BCUT2D eigenvalue weighted by Crippen LogP contribution is 2.24. The van der Waals surface area contributed by atoms with E-state index in [9.17, 15) is 14.4 Å². The second kappa shape index (κ2) is 24.6. The number of rotatable bonds is 19. The SMILES string of the molecule is CCCCCCCCCCCCOC(=O)c1ccc(Cl)c(NC(=O)NN=C2N(CC)CCN2CC)c1.CCn1/c(=N\NC(=O)NC)n(C)c2ccc(OC)cc21. The number of carbonyl (C=O) groups excluding carboxylic acids is 3. The number of hydrogen-bond donors (Lipinski definition) is 4. The number of nitrogens with zero attached hydrogens (tertiary/aromatic N) is 6. The minimum atomic E-state index is -0.528. The molecule has 4 rings (SSSR count). The number of benzene rings is 2. The van der Waals surface area contributed by atoms with E-state index < -0.39 is 12.0 Å². The molecule has 0 aliphatic carbocycles. The quantitative estimate of drug-likeness (QED) is 0.0566. The molecule has 0 saturated carbocycles. The topological polar surface area (TPSA) is 159 Å². The van der Waals surface area contributed by atoms with E-state index in [1.807, 2.05) is 41.3 Å². The number of unbranched alkanes of at least 4 members (excludes halogenated alkanes) is 9. The van der Waals surface area contributed by atoms with Gasteiger partial charge in [-0.2, -0.15) is 0 Å². The number of nitrogens with one attached hydrogen (secondary N) is 4. The van der Waals surface area contributed by atoms with Crippen LogP contribution in [0.4, 0.5) is 15.3 Å². The first-order valence-electron chi connectivity index (χ1n) is 20.0. The molecule has 1 aliphatic heterocycles. The van der Waals surface area contributed by atoms with E-state index in [1.54, 1.807) is 26.3 Å². The summed E-state index contributed by atoms with van der Waals surface area (Å²) in [4.78, 5) is 40.4. The highest BCUT2D eigenvalue weighted by atomic mass is 35.5. The number of fused-ring (bicyclic) bond motifs is 1. The molecule has 1 fully saturated rings. The number of anilines is 1. The zero-order chi connectivity index (χ0) is 40.9. The number of likely N-dealkylation sites (N-methyl/N-ethyl adjacent to an activating group) is 2. The highest BCUT2D eigenvalue weighted by molar-refractivity contribution is 6.33. The van der Waals surface area contributed by atoms with Crippen LogP contribution in [-0.4, -0.2) is 89.9 Å². The maximum atomic E-state index is 12.5. The van der Waals surface area contributed by atoms with Gasteiger partial charge in [-0.25, -0.2) is 25.2 Å². The van der Waals surface area contributed by atoms with Crippen molar-refractivity contribution >= 4 is 52.3 Å². The number of halogens is 1. The van der Waals surface area contributed by atoms with Crippen molar-refractivity contribution < 1.29 is 23.9 Å². The number of aromatic nitrogens is 2. The Morgan fingerprint density at radius 3 is 1.98 bits per heavy atom. The maximum absolute atomic E-state index is 12.5. The predicted octanol–water partition coefficient (Wildman–Crippen LogP) is 7.22. The molecule has 3 aromatic rings. The van der Waals surface area contributed by atoms with Crippen molar-refractivity contribution in [3.8, 4) is 5.75 Å². The van der Waals surface area contributed by atoms with E-state index in [1.165, 1.54) is 57.4 Å². The van der Waals surface area contributed by atoms with E-state index >= 15 is 0 Å². The number of carbonyl (C=O) groups is 3. The summed E-state index contributed by atoms with van der Waals surface area (Å²) >= 11 is 6.24. The average Bonchev–Trinajstić information content (AvgIpc) is 3.74. The maximum Gasteiger partial charge on any atom is 0.339 e. The molecular weight excluding hydrogens is 736 g/mol. The molecule has 4 amide bonds. The first kappa shape index (κ1) is 45.5. The lowest BCUT2D eigenvalue weighted by Crippen LogP contribution is -2.37. The molecule has 1 aromatic heterocycles. The van der Waals surface area contributed by atoms with Gasteiger partial charge in [0.05, 0.1) is 41.0 Å². The Morgan fingerprint density at radius 1 is 0.768 bits per heavy atom. The number of urea groups is 2. The third-order valence-corrected chi connectivity index (χ3v) is 9.91. The molecule has 56 heavy (non-hydrogen) atoms. The molecule has 2 heterocycles. The van der Waals surface area contributed by atoms with Gasteiger partial charge in [0.25, 0.3) is 0 Å². The second-order valence-corrected chi connectivity index (χ2v) is 13.8. The Balaban J connectivity index is 0.000000353. The van der Waals surface area contributed by atoms with Gasteiger partial charge in [0.15, 0.2) is 0 Å². The summed E-state index contributed by atoms with van der Waals surface area (Å²) in [5.74, 6) is 1.11. The summed E-state index contributed by atoms with van der Waals surface area (Å²) in [7, 11) is 5.09. The molecular formula is C40H63ClN10O5. The molecule has 0 radical (unpaired) electrons. The van der Waals surface area contributed by atoms with Crippen molar-refractivity contribution in [2.24, 2.45) is 17.3 Å². The summed E-state index contributed by atoms with van der Waals surface area (Å²) in [5.41, 5.74) is 8.35. The van der Waals surface area contributed by atoms with E-state index in [2.05, 4.69) is 62.3 Å². The standard InChI is InChI=1S/C27H44ClN5O3.C13H19N5O2/c1-4-7-8-9-10-11-12-13-14-15-20-36-25(34)22-16-17-23(28)24(21-22)29-26(35)30-31-27-32(5-2)18-19-33(27)6-3;1-5-18-11-8-9(20-4)6-7-10(11)17(3)13(18)16-15-12(19)14-2/h16-17,21H,4-15,18-20H2,1-3H3,(H2,29,30,35);6-8H,5H2,1-4H3,(H2,14,15,19)/b;16-13-. The fourth-order valence-corrected chi connectivity index (χ4v) is 6.51. The van der Waals surface area contributed by atoms with E-state index in [0.29, 0.717) is 28.5 Å². The molecule has 1 saturated heterocycles. The van der Waals surface area contributed by atoms with Crippen molar-refractivity contribution in [1.29, 1.82) is 0 Å². The van der Waals surface area contributed by atoms with Crippen LogP contribution in [0.2, 0.25) is 5.02 Å². The van der Waals surface area contributed by atoms with Crippen molar-refractivity contribution in [2.45, 2.75) is 98.4 Å². The van der Waals surface area contributed by atoms with Crippen LogP contribution in [0.1, 0.15) is 102 Å². The first-order valence-corrected chi connectivity index (χ1v) is 20.4. The lowest BCUT2D eigenvalue weighted by molar-refractivity contribution is 0.0497. The van der Waals surface area contributed by atoms with Crippen LogP contribution in [0.3, 0.4) is 0 Å². The van der Waals surface area contributed by atoms with Gasteiger partial charge < -0.3 is 39.0 Å². The molecule has 0 unspecified atom stereocenters. The first-order chi connectivity index (χ1) is 27.1. The van der Waals surface area contributed by atoms with E-state index in [4.69, 9.17) is 21.1 Å². The monoisotopic (exact) mass is 798 g/mol. The molecule has 0 bridgehead atoms. The zero-order valence-electron chi connectivity index (χ0n) is 34.4. The molecule has 2 aromatic carbocycles. The van der Waals surface area contributed by atoms with Gasteiger partial charge in [0.1, 0.15) is 5.75 Å². The number of imidazole rings is 1. The van der Waals surface area contributed by atoms with Crippen LogP contribution in [-0.2, 0) is 18.3 Å². The van der Waals surface area contributed by atoms with Crippen LogP contribution in [0.25, 0.3) is 11.0 Å². The summed E-state index contributed by atoms with van der Waals surface area (Å²) in [6.45, 7) is 12.9. The molecule has 15 nitrogen and oxygen atoms in total. The van der Waals surface area contributed by atoms with Crippen LogP contribution in [0, 0.1) is 0 Å². The molecule has 0 spiro atoms. The van der Waals surface area contributed by atoms with Crippen molar-refractivity contribution in [1.82, 2.24) is 35.1 Å². The number of ether oxygens (including phenoxy) is 2. The smallest absolute Gasteiger partial charge is 0.339 e. The van der Waals surface area contributed by atoms with Gasteiger partial charge in [0, 0.05) is 52.9 Å². The normalized spacial score (nSPS) is 12.6. The largest absolute Gasteiger partial charge is 0.497 e. The minimum Gasteiger partial charge on any atom is -0.497 e. The summed E-state index contributed by atoms with van der Waals surface area (Å²) in [5, 5.41) is 13.9. The Bertz CT molecular complexity index is 1790. The van der Waals surface area contributed by atoms with Gasteiger partial charge in [-0.15, -0.1) is 10.2 Å². The van der Waals surface area contributed by atoms with Gasteiger partial charge in [-0.3, -0.25) is 0 Å². The number of aryl methyl sites for hydroxylation is 2. The number of esters is 1. The number of hydrogen-bond acceptors (Lipinski definition) is 7. The fraction of sp³-hybridized carbons (Fsp3) is 0.575. The van der Waals surface area contributed by atoms with Crippen molar-refractivity contribution in [3.63, 3.8) is 0 Å². The average molecular weight is 799 g/mol. The molecule has 310 valence electrons. The van der Waals surface area contributed by atoms with Crippen LogP contribution in [0.15, 0.2) is 46.6 Å². The van der Waals surface area contributed by atoms with Gasteiger partial charge in [0.2, 0.25) is 11.6 Å². The molecule has 0 atom stereocenters. The Labute approximate surface area is 336 Å². The second-order valence-electron chi connectivity index (χ2n) is 13.4. The van der Waals surface area contributed by atoms with Crippen molar-refractivity contribution in [2.75, 3.05) is 52.3 Å². The number of methoxy groups -OCH3 is 1. The van der Waals surface area contributed by atoms with E-state index in [-0.39, 0.29) is 6.03 Å². The molecule has 4 N–H and O–H groups in total. The summed E-state index contributed by atoms with van der Waals surface area (Å²) in [6.07, 6.45) is 12.3. The number of hydrazone groups is 1. The highest BCUT2D eigenvalue weighted by Gasteiger charge is 2.24. The van der Waals surface area contributed by atoms with Crippen molar-refractivity contribution in [3.05, 3.63) is 52.6 Å². The fourth-order valence-electron chi connectivity index (χ4n) is 6.35. The molecule has 1 aliphatic rings. The molecule has 16 heteroatoms. The van der Waals surface area contributed by atoms with Gasteiger partial charge in [-0.1, -0.05) is 76.3 Å².